The van der Waals surface area contributed by atoms with Gasteiger partial charge in [-0.15, -0.1) is 0 Å². The van der Waals surface area contributed by atoms with Crippen LogP contribution in [0.2, 0.25) is 0 Å². The lowest BCUT2D eigenvalue weighted by molar-refractivity contribution is -0.0184. The minimum absolute atomic E-state index is 0.205. The summed E-state index contributed by atoms with van der Waals surface area (Å²) >= 11 is 0. The average Bonchev–Trinajstić information content (AvgIpc) is 2.10. The number of hydrogen-bond acceptors (Lipinski definition) is 2. The normalized spacial score (nSPS) is 37.3. The highest BCUT2D eigenvalue weighted by molar-refractivity contribution is 5.03. The summed E-state index contributed by atoms with van der Waals surface area (Å²) in [5.41, 5.74) is 6.14. The average molecular weight is 180 g/mol. The van der Waals surface area contributed by atoms with Crippen LogP contribution in [0, 0.1) is 28.6 Å². The molecule has 1 aliphatic carbocycles. The summed E-state index contributed by atoms with van der Waals surface area (Å²) in [6.07, 6.45) is 3.13. The zero-order valence-electron chi connectivity index (χ0n) is 8.88. The number of rotatable bonds is 3. The molecule has 0 heterocycles. The lowest BCUT2D eigenvalue weighted by Gasteiger charge is -2.52. The van der Waals surface area contributed by atoms with Crippen LogP contribution in [0.15, 0.2) is 0 Å². The Labute approximate surface area is 81.1 Å². The van der Waals surface area contributed by atoms with E-state index in [2.05, 4.69) is 26.8 Å². The minimum Gasteiger partial charge on any atom is -0.328 e. The molecule has 0 aromatic heterocycles. The highest BCUT2D eigenvalue weighted by Gasteiger charge is 2.48. The number of hydrogen-bond donors (Lipinski definition) is 1. The maximum atomic E-state index is 8.82. The Hall–Kier alpha value is -0.550. The van der Waals surface area contributed by atoms with Crippen molar-refractivity contribution in [2.45, 2.75) is 46.1 Å². The molecule has 0 aromatic carbocycles. The smallest absolute Gasteiger partial charge is 0.0627 e. The van der Waals surface area contributed by atoms with Crippen LogP contribution in [-0.2, 0) is 0 Å². The third kappa shape index (κ3) is 1.58. The molecular weight excluding hydrogens is 160 g/mol. The summed E-state index contributed by atoms with van der Waals surface area (Å²) in [5, 5.41) is 8.82. The van der Waals surface area contributed by atoms with Crippen molar-refractivity contribution in [3.8, 4) is 6.07 Å². The lowest BCUT2D eigenvalue weighted by atomic mass is 9.52. The summed E-state index contributed by atoms with van der Waals surface area (Å²) < 4.78 is 0. The molecule has 0 aliphatic heterocycles. The van der Waals surface area contributed by atoms with Crippen LogP contribution in [0.3, 0.4) is 0 Å². The Balaban J connectivity index is 2.74. The van der Waals surface area contributed by atoms with Crippen molar-refractivity contribution < 1.29 is 0 Å². The summed E-state index contributed by atoms with van der Waals surface area (Å²) in [4.78, 5) is 0. The lowest BCUT2D eigenvalue weighted by Crippen LogP contribution is -2.49. The van der Waals surface area contributed by atoms with Crippen LogP contribution in [0.5, 0.6) is 0 Å². The predicted octanol–water partition coefficient (Wildman–Crippen LogP) is 2.30. The maximum absolute atomic E-state index is 8.82. The fourth-order valence-corrected chi connectivity index (χ4v) is 2.57. The molecule has 4 atom stereocenters. The molecular formula is C11H20N2. The fraction of sp³-hybridized carbons (Fsp3) is 0.909. The van der Waals surface area contributed by atoms with E-state index in [0.717, 1.165) is 0 Å². The van der Waals surface area contributed by atoms with Crippen LogP contribution < -0.4 is 5.73 Å². The van der Waals surface area contributed by atoms with Gasteiger partial charge in [0.15, 0.2) is 0 Å². The van der Waals surface area contributed by atoms with Gasteiger partial charge in [0.2, 0.25) is 0 Å². The topological polar surface area (TPSA) is 49.8 Å². The molecule has 1 rings (SSSR count). The van der Waals surface area contributed by atoms with Gasteiger partial charge < -0.3 is 5.73 Å². The van der Waals surface area contributed by atoms with Crippen molar-refractivity contribution in [2.24, 2.45) is 23.0 Å². The number of nitriles is 1. The van der Waals surface area contributed by atoms with Crippen molar-refractivity contribution in [3.63, 3.8) is 0 Å². The van der Waals surface area contributed by atoms with E-state index < -0.39 is 0 Å². The molecule has 1 fully saturated rings. The molecule has 0 aromatic rings. The molecule has 0 radical (unpaired) electrons. The van der Waals surface area contributed by atoms with Gasteiger partial charge in [-0.3, -0.25) is 0 Å². The first-order valence-corrected chi connectivity index (χ1v) is 5.17. The second-order valence-electron chi connectivity index (χ2n) is 4.66. The van der Waals surface area contributed by atoms with Gasteiger partial charge in [0, 0.05) is 12.5 Å². The van der Waals surface area contributed by atoms with E-state index in [9.17, 15) is 0 Å². The van der Waals surface area contributed by atoms with Crippen molar-refractivity contribution in [2.75, 3.05) is 0 Å². The van der Waals surface area contributed by atoms with Crippen LogP contribution in [0.1, 0.15) is 40.0 Å². The molecule has 4 unspecified atom stereocenters. The van der Waals surface area contributed by atoms with Gasteiger partial charge in [0.05, 0.1) is 6.07 Å². The van der Waals surface area contributed by atoms with Crippen LogP contribution in [-0.4, -0.2) is 6.04 Å². The van der Waals surface area contributed by atoms with Crippen molar-refractivity contribution in [1.29, 1.82) is 5.26 Å². The standard InChI is InChI=1S/C11H20N2/c1-8-4-5-11(8,6-7-12)9(2)10(3)13/h8-10H,4-6,13H2,1-3H3. The fourth-order valence-electron chi connectivity index (χ4n) is 2.57. The molecule has 1 aliphatic rings. The highest BCUT2D eigenvalue weighted by Crippen LogP contribution is 2.54. The molecule has 0 spiro atoms. The number of nitrogens with zero attached hydrogens (tertiary/aromatic N) is 1. The van der Waals surface area contributed by atoms with E-state index in [4.69, 9.17) is 11.0 Å². The van der Waals surface area contributed by atoms with E-state index in [1.54, 1.807) is 0 Å². The molecule has 0 bridgehead atoms. The summed E-state index contributed by atoms with van der Waals surface area (Å²) in [6.45, 7) is 6.49. The zero-order chi connectivity index (χ0) is 10.1. The van der Waals surface area contributed by atoms with Crippen LogP contribution >= 0.6 is 0 Å². The van der Waals surface area contributed by atoms with Gasteiger partial charge in [-0.05, 0) is 37.0 Å². The second kappa shape index (κ2) is 3.67. The Morgan fingerprint density at radius 2 is 2.23 bits per heavy atom. The van der Waals surface area contributed by atoms with E-state index in [-0.39, 0.29) is 11.5 Å². The van der Waals surface area contributed by atoms with Crippen LogP contribution in [0.25, 0.3) is 0 Å². The van der Waals surface area contributed by atoms with E-state index in [0.29, 0.717) is 18.3 Å². The Morgan fingerprint density at radius 1 is 1.62 bits per heavy atom. The third-order valence-corrected chi connectivity index (χ3v) is 4.13. The van der Waals surface area contributed by atoms with E-state index >= 15 is 0 Å². The first kappa shape index (κ1) is 10.5. The van der Waals surface area contributed by atoms with Gasteiger partial charge in [0.25, 0.3) is 0 Å². The maximum Gasteiger partial charge on any atom is 0.0627 e. The molecule has 1 saturated carbocycles. The largest absolute Gasteiger partial charge is 0.328 e. The Kier molecular flexibility index (Phi) is 2.98. The molecule has 2 nitrogen and oxygen atoms in total. The van der Waals surface area contributed by atoms with Crippen molar-refractivity contribution in [3.05, 3.63) is 0 Å². The highest BCUT2D eigenvalue weighted by atomic mass is 14.7. The molecule has 2 N–H and O–H groups in total. The Bertz CT molecular complexity index is 217. The van der Waals surface area contributed by atoms with Crippen molar-refractivity contribution >= 4 is 0 Å². The first-order valence-electron chi connectivity index (χ1n) is 5.17. The third-order valence-electron chi connectivity index (χ3n) is 4.13. The van der Waals surface area contributed by atoms with Gasteiger partial charge in [0.1, 0.15) is 0 Å². The van der Waals surface area contributed by atoms with Gasteiger partial charge in [-0.2, -0.15) is 5.26 Å². The molecule has 74 valence electrons. The molecule has 2 heteroatoms. The number of nitrogens with two attached hydrogens (primary N) is 1. The van der Waals surface area contributed by atoms with Crippen molar-refractivity contribution in [1.82, 2.24) is 0 Å². The zero-order valence-corrected chi connectivity index (χ0v) is 8.88. The molecule has 13 heavy (non-hydrogen) atoms. The molecule has 0 amide bonds. The van der Waals surface area contributed by atoms with Crippen LogP contribution in [0.4, 0.5) is 0 Å². The first-order chi connectivity index (χ1) is 6.04. The Morgan fingerprint density at radius 3 is 2.46 bits per heavy atom. The van der Waals surface area contributed by atoms with Gasteiger partial charge in [-0.25, -0.2) is 0 Å². The van der Waals surface area contributed by atoms with E-state index in [1.165, 1.54) is 12.8 Å². The van der Waals surface area contributed by atoms with Gasteiger partial charge in [-0.1, -0.05) is 13.8 Å². The summed E-state index contributed by atoms with van der Waals surface area (Å²) in [5.74, 6) is 1.14. The van der Waals surface area contributed by atoms with Gasteiger partial charge >= 0.3 is 0 Å². The molecule has 0 saturated heterocycles. The second-order valence-corrected chi connectivity index (χ2v) is 4.66. The summed E-state index contributed by atoms with van der Waals surface area (Å²) in [7, 11) is 0. The summed E-state index contributed by atoms with van der Waals surface area (Å²) in [6, 6.07) is 2.53. The predicted molar refractivity (Wildman–Crippen MR) is 53.9 cm³/mol. The quantitative estimate of drug-likeness (QED) is 0.724. The minimum atomic E-state index is 0.205. The SMILES string of the molecule is CC(N)C(C)C1(CC#N)CCC1C. The monoisotopic (exact) mass is 180 g/mol. The van der Waals surface area contributed by atoms with E-state index in [1.807, 2.05) is 0 Å².